The second-order valence-corrected chi connectivity index (χ2v) is 8.19. The second kappa shape index (κ2) is 10.1. The first-order valence-corrected chi connectivity index (χ1v) is 10.2. The maximum atomic E-state index is 12.1. The smallest absolute Gasteiger partial charge is 0.241 e. The molecule has 1 unspecified atom stereocenters. The standard InChI is InChI=1S/C18H23ClN2O2S2/c1-2-15-17(23)21(18(24)25-15)11-7-3-4-10-16(22)20-12-13-8-5-6-9-14(13)19/h5-6,8-9,15H,2-4,7,10-12H2,1H3,(H,20,22). The molecule has 0 bridgehead atoms. The Labute approximate surface area is 163 Å². The summed E-state index contributed by atoms with van der Waals surface area (Å²) in [4.78, 5) is 25.7. The minimum atomic E-state index is -0.0110. The van der Waals surface area contributed by atoms with E-state index in [4.69, 9.17) is 23.8 Å². The lowest BCUT2D eigenvalue weighted by Gasteiger charge is -2.15. The van der Waals surface area contributed by atoms with Crippen molar-refractivity contribution < 1.29 is 9.59 Å². The molecule has 1 aliphatic heterocycles. The molecule has 25 heavy (non-hydrogen) atoms. The van der Waals surface area contributed by atoms with Crippen molar-refractivity contribution in [1.29, 1.82) is 0 Å². The number of hydrogen-bond donors (Lipinski definition) is 1. The van der Waals surface area contributed by atoms with Gasteiger partial charge in [-0.1, -0.05) is 67.1 Å². The molecule has 1 fully saturated rings. The van der Waals surface area contributed by atoms with E-state index in [1.165, 1.54) is 11.8 Å². The molecule has 1 atom stereocenters. The van der Waals surface area contributed by atoms with Crippen LogP contribution in [0.1, 0.15) is 44.6 Å². The van der Waals surface area contributed by atoms with Crippen LogP contribution in [0.5, 0.6) is 0 Å². The van der Waals surface area contributed by atoms with Crippen LogP contribution in [0.4, 0.5) is 0 Å². The fourth-order valence-electron chi connectivity index (χ4n) is 2.62. The van der Waals surface area contributed by atoms with Gasteiger partial charge in [-0.15, -0.1) is 0 Å². The van der Waals surface area contributed by atoms with Crippen LogP contribution in [-0.4, -0.2) is 32.8 Å². The van der Waals surface area contributed by atoms with Gasteiger partial charge in [0.1, 0.15) is 4.32 Å². The fraction of sp³-hybridized carbons (Fsp3) is 0.500. The van der Waals surface area contributed by atoms with Crippen LogP contribution in [0, 0.1) is 0 Å². The molecule has 1 saturated heterocycles. The number of hydrogen-bond acceptors (Lipinski definition) is 4. The molecule has 1 aromatic carbocycles. The molecule has 4 nitrogen and oxygen atoms in total. The predicted molar refractivity (Wildman–Crippen MR) is 108 cm³/mol. The quantitative estimate of drug-likeness (QED) is 0.501. The number of nitrogens with one attached hydrogen (secondary N) is 1. The van der Waals surface area contributed by atoms with Crippen molar-refractivity contribution in [1.82, 2.24) is 10.2 Å². The molecule has 0 aliphatic carbocycles. The van der Waals surface area contributed by atoms with Gasteiger partial charge in [-0.2, -0.15) is 0 Å². The zero-order valence-electron chi connectivity index (χ0n) is 14.3. The summed E-state index contributed by atoms with van der Waals surface area (Å²) in [5.41, 5.74) is 0.918. The maximum absolute atomic E-state index is 12.1. The predicted octanol–water partition coefficient (Wildman–Crippen LogP) is 4.16. The number of thiocarbonyl (C=S) groups is 1. The topological polar surface area (TPSA) is 49.4 Å². The minimum absolute atomic E-state index is 0.0110. The fourth-order valence-corrected chi connectivity index (χ4v) is 4.29. The van der Waals surface area contributed by atoms with Gasteiger partial charge in [-0.05, 0) is 30.9 Å². The molecule has 0 aromatic heterocycles. The number of unbranched alkanes of at least 4 members (excludes halogenated alkanes) is 2. The molecule has 1 heterocycles. The van der Waals surface area contributed by atoms with Crippen LogP contribution in [0.3, 0.4) is 0 Å². The molecule has 2 rings (SSSR count). The van der Waals surface area contributed by atoms with E-state index < -0.39 is 0 Å². The van der Waals surface area contributed by atoms with Crippen LogP contribution in [0.25, 0.3) is 0 Å². The van der Waals surface area contributed by atoms with Crippen molar-refractivity contribution in [3.8, 4) is 0 Å². The lowest BCUT2D eigenvalue weighted by atomic mass is 10.1. The lowest BCUT2D eigenvalue weighted by Crippen LogP contribution is -2.32. The van der Waals surface area contributed by atoms with Gasteiger partial charge in [0.25, 0.3) is 0 Å². The van der Waals surface area contributed by atoms with E-state index in [2.05, 4.69) is 5.32 Å². The second-order valence-electron chi connectivity index (χ2n) is 5.95. The Kier molecular flexibility index (Phi) is 8.19. The molecule has 0 spiro atoms. The summed E-state index contributed by atoms with van der Waals surface area (Å²) in [5.74, 6) is 0.157. The number of carbonyl (C=O) groups is 2. The van der Waals surface area contributed by atoms with Crippen molar-refractivity contribution >= 4 is 51.7 Å². The van der Waals surface area contributed by atoms with E-state index in [9.17, 15) is 9.59 Å². The Balaban J connectivity index is 1.60. The number of halogens is 1. The zero-order chi connectivity index (χ0) is 18.2. The third-order valence-corrected chi connectivity index (χ3v) is 6.21. The molecule has 1 aliphatic rings. The highest BCUT2D eigenvalue weighted by atomic mass is 35.5. The van der Waals surface area contributed by atoms with E-state index in [0.29, 0.717) is 28.9 Å². The Bertz CT molecular complexity index is 639. The summed E-state index contributed by atoms with van der Waals surface area (Å²) in [5, 5.41) is 3.54. The monoisotopic (exact) mass is 398 g/mol. The van der Waals surface area contributed by atoms with E-state index >= 15 is 0 Å². The van der Waals surface area contributed by atoms with Crippen LogP contribution >= 0.6 is 35.6 Å². The van der Waals surface area contributed by atoms with Gasteiger partial charge < -0.3 is 5.32 Å². The summed E-state index contributed by atoms with van der Waals surface area (Å²) < 4.78 is 0.689. The first-order valence-electron chi connectivity index (χ1n) is 8.55. The molecule has 7 heteroatoms. The van der Waals surface area contributed by atoms with Gasteiger partial charge in [0.2, 0.25) is 11.8 Å². The summed E-state index contributed by atoms with van der Waals surface area (Å²) in [7, 11) is 0. The molecular weight excluding hydrogens is 376 g/mol. The van der Waals surface area contributed by atoms with Gasteiger partial charge >= 0.3 is 0 Å². The Morgan fingerprint density at radius 3 is 2.76 bits per heavy atom. The number of rotatable bonds is 9. The number of benzene rings is 1. The Morgan fingerprint density at radius 1 is 1.32 bits per heavy atom. The first-order chi connectivity index (χ1) is 12.0. The van der Waals surface area contributed by atoms with Crippen molar-refractivity contribution in [2.75, 3.05) is 6.54 Å². The average Bonchev–Trinajstić information content (AvgIpc) is 2.88. The van der Waals surface area contributed by atoms with Crippen molar-refractivity contribution in [2.24, 2.45) is 0 Å². The average molecular weight is 399 g/mol. The van der Waals surface area contributed by atoms with Crippen LogP contribution < -0.4 is 5.32 Å². The van der Waals surface area contributed by atoms with Gasteiger partial charge in [0.15, 0.2) is 0 Å². The molecule has 1 N–H and O–H groups in total. The van der Waals surface area contributed by atoms with Crippen molar-refractivity contribution in [2.45, 2.75) is 50.8 Å². The van der Waals surface area contributed by atoms with E-state index in [0.717, 1.165) is 31.2 Å². The number of amides is 2. The number of nitrogens with zero attached hydrogens (tertiary/aromatic N) is 1. The third-order valence-electron chi connectivity index (χ3n) is 4.10. The van der Waals surface area contributed by atoms with Crippen LogP contribution in [-0.2, 0) is 16.1 Å². The van der Waals surface area contributed by atoms with Gasteiger partial charge in [0, 0.05) is 24.5 Å². The van der Waals surface area contributed by atoms with Crippen LogP contribution in [0.15, 0.2) is 24.3 Å². The van der Waals surface area contributed by atoms with Crippen LogP contribution in [0.2, 0.25) is 5.02 Å². The van der Waals surface area contributed by atoms with E-state index in [1.54, 1.807) is 4.90 Å². The highest BCUT2D eigenvalue weighted by molar-refractivity contribution is 8.24. The molecular formula is C18H23ClN2O2S2. The maximum Gasteiger partial charge on any atom is 0.241 e. The largest absolute Gasteiger partial charge is 0.352 e. The third kappa shape index (κ3) is 5.97. The summed E-state index contributed by atoms with van der Waals surface area (Å²) in [6, 6.07) is 7.49. The molecule has 0 radical (unpaired) electrons. The van der Waals surface area contributed by atoms with Gasteiger partial charge in [-0.25, -0.2) is 0 Å². The highest BCUT2D eigenvalue weighted by Gasteiger charge is 2.34. The van der Waals surface area contributed by atoms with Crippen molar-refractivity contribution in [3.05, 3.63) is 34.9 Å². The summed E-state index contributed by atoms with van der Waals surface area (Å²) >= 11 is 12.8. The first kappa shape index (κ1) is 20.2. The molecule has 2 amide bonds. The Hall–Kier alpha value is -1.11. The lowest BCUT2D eigenvalue weighted by molar-refractivity contribution is -0.126. The molecule has 0 saturated carbocycles. The molecule has 1 aromatic rings. The van der Waals surface area contributed by atoms with Gasteiger partial charge in [0.05, 0.1) is 5.25 Å². The number of carbonyl (C=O) groups excluding carboxylic acids is 2. The van der Waals surface area contributed by atoms with E-state index in [-0.39, 0.29) is 17.1 Å². The van der Waals surface area contributed by atoms with Gasteiger partial charge in [-0.3, -0.25) is 14.5 Å². The minimum Gasteiger partial charge on any atom is -0.352 e. The SMILES string of the molecule is CCC1SC(=S)N(CCCCCC(=O)NCc2ccccc2Cl)C1=O. The number of thioether (sulfide) groups is 1. The molecule has 136 valence electrons. The summed E-state index contributed by atoms with van der Waals surface area (Å²) in [6.45, 7) is 3.11. The normalized spacial score (nSPS) is 17.2. The zero-order valence-corrected chi connectivity index (χ0v) is 16.7. The Morgan fingerprint density at radius 2 is 2.08 bits per heavy atom. The van der Waals surface area contributed by atoms with E-state index in [1.807, 2.05) is 31.2 Å². The highest BCUT2D eigenvalue weighted by Crippen LogP contribution is 2.29. The summed E-state index contributed by atoms with van der Waals surface area (Å²) in [6.07, 6.45) is 3.85. The van der Waals surface area contributed by atoms with Crippen molar-refractivity contribution in [3.63, 3.8) is 0 Å².